The van der Waals surface area contributed by atoms with Crippen LogP contribution in [0.15, 0.2) is 0 Å². The number of nitrogens with zero attached hydrogens (tertiary/aromatic N) is 3. The summed E-state index contributed by atoms with van der Waals surface area (Å²) in [6, 6.07) is 0. The fourth-order valence-corrected chi connectivity index (χ4v) is 3.09. The SMILES string of the molecule is C(CN1CN(CCC2CO2)CN(CCC2CO2)C1)C1CO1. The van der Waals surface area contributed by atoms with E-state index in [4.69, 9.17) is 14.2 Å². The monoisotopic (exact) mass is 297 g/mol. The second-order valence-electron chi connectivity index (χ2n) is 6.84. The van der Waals surface area contributed by atoms with Gasteiger partial charge in [0.15, 0.2) is 0 Å². The maximum Gasteiger partial charge on any atom is 0.0822 e. The van der Waals surface area contributed by atoms with Gasteiger partial charge < -0.3 is 14.2 Å². The van der Waals surface area contributed by atoms with Gasteiger partial charge in [-0.2, -0.15) is 0 Å². The lowest BCUT2D eigenvalue weighted by atomic mass is 10.2. The topological polar surface area (TPSA) is 47.3 Å². The number of hydrogen-bond acceptors (Lipinski definition) is 6. The van der Waals surface area contributed by atoms with Gasteiger partial charge in [-0.25, -0.2) is 0 Å². The summed E-state index contributed by atoms with van der Waals surface area (Å²) < 4.78 is 16.0. The molecule has 0 N–H and O–H groups in total. The third-order valence-corrected chi connectivity index (χ3v) is 4.71. The molecule has 4 rings (SSSR count). The Morgan fingerprint density at radius 2 is 0.857 bits per heavy atom. The summed E-state index contributed by atoms with van der Waals surface area (Å²) in [5.74, 6) is 0. The highest BCUT2D eigenvalue weighted by Gasteiger charge is 2.30. The van der Waals surface area contributed by atoms with Crippen LogP contribution < -0.4 is 0 Å². The van der Waals surface area contributed by atoms with Gasteiger partial charge in [0.1, 0.15) is 0 Å². The van der Waals surface area contributed by atoms with Crippen LogP contribution in [0.1, 0.15) is 19.3 Å². The number of rotatable bonds is 9. The summed E-state index contributed by atoms with van der Waals surface area (Å²) in [6.45, 7) is 9.64. The molecule has 0 spiro atoms. The number of ether oxygens (including phenoxy) is 3. The summed E-state index contributed by atoms with van der Waals surface area (Å²) in [5, 5.41) is 0. The Hall–Kier alpha value is -0.240. The molecule has 0 radical (unpaired) electrons. The van der Waals surface area contributed by atoms with E-state index in [1.54, 1.807) is 0 Å². The van der Waals surface area contributed by atoms with Crippen LogP contribution in [0.25, 0.3) is 0 Å². The Labute approximate surface area is 126 Å². The first-order chi connectivity index (χ1) is 10.3. The lowest BCUT2D eigenvalue weighted by Crippen LogP contribution is -2.55. The molecule has 3 unspecified atom stereocenters. The van der Waals surface area contributed by atoms with Crippen LogP contribution in [-0.2, 0) is 14.2 Å². The van der Waals surface area contributed by atoms with E-state index in [2.05, 4.69) is 14.7 Å². The van der Waals surface area contributed by atoms with Crippen LogP contribution in [-0.4, -0.2) is 92.5 Å². The summed E-state index contributed by atoms with van der Waals surface area (Å²) in [5.41, 5.74) is 0. The van der Waals surface area contributed by atoms with Crippen molar-refractivity contribution in [3.8, 4) is 0 Å². The van der Waals surface area contributed by atoms with E-state index in [1.807, 2.05) is 0 Å². The summed E-state index contributed by atoms with van der Waals surface area (Å²) in [7, 11) is 0. The molecule has 4 aliphatic rings. The fraction of sp³-hybridized carbons (Fsp3) is 1.00. The quantitative estimate of drug-likeness (QED) is 0.565. The van der Waals surface area contributed by atoms with Crippen molar-refractivity contribution in [1.29, 1.82) is 0 Å². The van der Waals surface area contributed by atoms with E-state index >= 15 is 0 Å². The highest BCUT2D eigenvalue weighted by atomic mass is 16.6. The van der Waals surface area contributed by atoms with Crippen molar-refractivity contribution in [2.24, 2.45) is 0 Å². The van der Waals surface area contributed by atoms with Gasteiger partial charge in [0.05, 0.1) is 58.1 Å². The smallest absolute Gasteiger partial charge is 0.0822 e. The van der Waals surface area contributed by atoms with Gasteiger partial charge in [0, 0.05) is 19.6 Å². The van der Waals surface area contributed by atoms with Crippen LogP contribution in [0.5, 0.6) is 0 Å². The summed E-state index contributed by atoms with van der Waals surface area (Å²) in [6.07, 6.45) is 5.15. The Balaban J connectivity index is 1.24. The van der Waals surface area contributed by atoms with Crippen molar-refractivity contribution in [1.82, 2.24) is 14.7 Å². The molecule has 4 aliphatic heterocycles. The molecule has 0 bridgehead atoms. The van der Waals surface area contributed by atoms with E-state index in [0.29, 0.717) is 18.3 Å². The van der Waals surface area contributed by atoms with Gasteiger partial charge in [0.25, 0.3) is 0 Å². The molecule has 0 aromatic carbocycles. The Morgan fingerprint density at radius 1 is 0.571 bits per heavy atom. The third kappa shape index (κ3) is 4.87. The molecule has 0 saturated carbocycles. The maximum atomic E-state index is 5.34. The van der Waals surface area contributed by atoms with Gasteiger partial charge in [-0.3, -0.25) is 14.7 Å². The van der Waals surface area contributed by atoms with Crippen molar-refractivity contribution in [3.05, 3.63) is 0 Å². The fourth-order valence-electron chi connectivity index (χ4n) is 3.09. The van der Waals surface area contributed by atoms with Crippen molar-refractivity contribution < 1.29 is 14.2 Å². The van der Waals surface area contributed by atoms with E-state index in [-0.39, 0.29) is 0 Å². The highest BCUT2D eigenvalue weighted by molar-refractivity contribution is 4.78. The molecule has 4 saturated heterocycles. The summed E-state index contributed by atoms with van der Waals surface area (Å²) >= 11 is 0. The Bertz CT molecular complexity index is 287. The zero-order valence-corrected chi connectivity index (χ0v) is 12.8. The van der Waals surface area contributed by atoms with Gasteiger partial charge in [-0.15, -0.1) is 0 Å². The third-order valence-electron chi connectivity index (χ3n) is 4.71. The molecule has 4 fully saturated rings. The van der Waals surface area contributed by atoms with Gasteiger partial charge in [0.2, 0.25) is 0 Å². The van der Waals surface area contributed by atoms with Gasteiger partial charge in [-0.05, 0) is 19.3 Å². The predicted octanol–water partition coefficient (Wildman–Crippen LogP) is 0.145. The standard InChI is InChI=1S/C15H27N3O3/c1(13-7-19-13)4-16-10-17(5-2-14-8-20-14)12-18(11-16)6-3-15-9-21-15/h13-15H,1-12H2. The lowest BCUT2D eigenvalue weighted by molar-refractivity contribution is -0.0324. The molecule has 6 heteroatoms. The van der Waals surface area contributed by atoms with Crippen LogP contribution in [0.3, 0.4) is 0 Å². The average Bonchev–Trinajstić information content (AvgIpc) is 3.38. The first kappa shape index (κ1) is 14.4. The average molecular weight is 297 g/mol. The Morgan fingerprint density at radius 3 is 1.10 bits per heavy atom. The van der Waals surface area contributed by atoms with Crippen LogP contribution in [0, 0.1) is 0 Å². The molecule has 0 amide bonds. The number of epoxide rings is 3. The second kappa shape index (κ2) is 6.48. The molecule has 21 heavy (non-hydrogen) atoms. The van der Waals surface area contributed by atoms with E-state index in [0.717, 1.165) is 59.5 Å². The second-order valence-corrected chi connectivity index (χ2v) is 6.84. The van der Waals surface area contributed by atoms with Crippen LogP contribution in [0.2, 0.25) is 0 Å². The van der Waals surface area contributed by atoms with E-state index in [9.17, 15) is 0 Å². The molecule has 0 aromatic rings. The molecule has 6 nitrogen and oxygen atoms in total. The molecule has 4 heterocycles. The van der Waals surface area contributed by atoms with Crippen molar-refractivity contribution in [3.63, 3.8) is 0 Å². The first-order valence-corrected chi connectivity index (χ1v) is 8.37. The summed E-state index contributed by atoms with van der Waals surface area (Å²) in [4.78, 5) is 7.69. The lowest BCUT2D eigenvalue weighted by Gasteiger charge is -2.42. The van der Waals surface area contributed by atoms with Crippen LogP contribution >= 0.6 is 0 Å². The van der Waals surface area contributed by atoms with Crippen molar-refractivity contribution in [2.45, 2.75) is 37.6 Å². The molecule has 0 aromatic heterocycles. The van der Waals surface area contributed by atoms with Crippen LogP contribution in [0.4, 0.5) is 0 Å². The first-order valence-electron chi connectivity index (χ1n) is 8.37. The van der Waals surface area contributed by atoms with Gasteiger partial charge >= 0.3 is 0 Å². The highest BCUT2D eigenvalue weighted by Crippen LogP contribution is 2.19. The maximum absolute atomic E-state index is 5.34. The number of hydrogen-bond donors (Lipinski definition) is 0. The predicted molar refractivity (Wildman–Crippen MR) is 77.8 cm³/mol. The van der Waals surface area contributed by atoms with Crippen molar-refractivity contribution in [2.75, 3.05) is 59.5 Å². The molecule has 0 aliphatic carbocycles. The van der Waals surface area contributed by atoms with E-state index in [1.165, 1.54) is 19.3 Å². The van der Waals surface area contributed by atoms with Crippen molar-refractivity contribution >= 4 is 0 Å². The Kier molecular flexibility index (Phi) is 4.43. The zero-order chi connectivity index (χ0) is 14.1. The molecular weight excluding hydrogens is 270 g/mol. The molecular formula is C15H27N3O3. The van der Waals surface area contributed by atoms with Gasteiger partial charge in [-0.1, -0.05) is 0 Å². The molecule has 120 valence electrons. The molecule has 3 atom stereocenters. The zero-order valence-electron chi connectivity index (χ0n) is 12.8. The van der Waals surface area contributed by atoms with E-state index < -0.39 is 0 Å². The largest absolute Gasteiger partial charge is 0.373 e. The normalized spacial score (nSPS) is 36.9. The minimum atomic E-state index is 0.536. The minimum Gasteiger partial charge on any atom is -0.373 e. The minimum absolute atomic E-state index is 0.536.